The number of nitrogens with one attached hydrogen (secondary N) is 1. The minimum Gasteiger partial charge on any atom is -0.478 e. The third-order valence-corrected chi connectivity index (χ3v) is 8.39. The highest BCUT2D eigenvalue weighted by atomic mass is 32.2. The first-order valence-corrected chi connectivity index (χ1v) is 12.8. The number of piperazine rings is 1. The van der Waals surface area contributed by atoms with Crippen molar-refractivity contribution in [2.24, 2.45) is 0 Å². The van der Waals surface area contributed by atoms with Gasteiger partial charge in [0.15, 0.2) is 0 Å². The van der Waals surface area contributed by atoms with E-state index in [9.17, 15) is 21.6 Å². The smallest absolute Gasteiger partial charge is 0.335 e. The molecule has 0 bridgehead atoms. The van der Waals surface area contributed by atoms with Gasteiger partial charge in [-0.3, -0.25) is 4.90 Å². The summed E-state index contributed by atoms with van der Waals surface area (Å²) >= 11 is 0. The molecule has 0 unspecified atom stereocenters. The van der Waals surface area contributed by atoms with E-state index in [1.165, 1.54) is 34.1 Å². The van der Waals surface area contributed by atoms with E-state index < -0.39 is 26.0 Å². The minimum absolute atomic E-state index is 0.0343. The van der Waals surface area contributed by atoms with Gasteiger partial charge in [0.1, 0.15) is 0 Å². The van der Waals surface area contributed by atoms with Gasteiger partial charge in [-0.05, 0) is 29.8 Å². The summed E-state index contributed by atoms with van der Waals surface area (Å²) in [5, 5.41) is 8.88. The van der Waals surface area contributed by atoms with Crippen LogP contribution in [0.15, 0.2) is 59.5 Å². The van der Waals surface area contributed by atoms with Gasteiger partial charge in [0.2, 0.25) is 20.0 Å². The summed E-state index contributed by atoms with van der Waals surface area (Å²) in [6.07, 6.45) is 0. The van der Waals surface area contributed by atoms with Crippen molar-refractivity contribution in [3.05, 3.63) is 65.7 Å². The van der Waals surface area contributed by atoms with Crippen molar-refractivity contribution in [3.8, 4) is 0 Å². The van der Waals surface area contributed by atoms with Crippen LogP contribution in [0.25, 0.3) is 0 Å². The van der Waals surface area contributed by atoms with Crippen LogP contribution in [0.4, 0.5) is 0 Å². The molecule has 2 aromatic carbocycles. The zero-order valence-corrected chi connectivity index (χ0v) is 18.5. The summed E-state index contributed by atoms with van der Waals surface area (Å²) in [4.78, 5) is 12.9. The second-order valence-electron chi connectivity index (χ2n) is 7.20. The van der Waals surface area contributed by atoms with Crippen LogP contribution in [0, 0.1) is 0 Å². The maximum atomic E-state index is 12.6. The Morgan fingerprint density at radius 3 is 2.10 bits per heavy atom. The highest BCUT2D eigenvalue weighted by Crippen LogP contribution is 2.13. The van der Waals surface area contributed by atoms with E-state index in [0.29, 0.717) is 26.2 Å². The summed E-state index contributed by atoms with van der Waals surface area (Å²) in [7, 11) is -7.53. The van der Waals surface area contributed by atoms with Crippen LogP contribution in [0.1, 0.15) is 15.9 Å². The number of benzene rings is 2. The molecule has 11 heteroatoms. The molecule has 1 heterocycles. The lowest BCUT2D eigenvalue weighted by atomic mass is 10.2. The van der Waals surface area contributed by atoms with Gasteiger partial charge in [-0.2, -0.15) is 4.31 Å². The normalized spacial score (nSPS) is 16.3. The van der Waals surface area contributed by atoms with E-state index in [-0.39, 0.29) is 22.8 Å². The zero-order chi connectivity index (χ0) is 22.5. The van der Waals surface area contributed by atoms with Gasteiger partial charge in [-0.25, -0.2) is 26.4 Å². The molecule has 9 nitrogen and oxygen atoms in total. The van der Waals surface area contributed by atoms with Crippen molar-refractivity contribution in [1.82, 2.24) is 13.9 Å². The van der Waals surface area contributed by atoms with E-state index in [4.69, 9.17) is 5.11 Å². The Hall–Kier alpha value is -2.31. The van der Waals surface area contributed by atoms with Gasteiger partial charge in [-0.1, -0.05) is 30.3 Å². The average Bonchev–Trinajstić information content (AvgIpc) is 2.74. The lowest BCUT2D eigenvalue weighted by Crippen LogP contribution is -2.49. The number of carboxylic acid groups (broad SMARTS) is 1. The largest absolute Gasteiger partial charge is 0.478 e. The third kappa shape index (κ3) is 6.34. The summed E-state index contributed by atoms with van der Waals surface area (Å²) in [5.74, 6) is -1.51. The Bertz CT molecular complexity index is 1100. The van der Waals surface area contributed by atoms with Gasteiger partial charge in [0.25, 0.3) is 0 Å². The predicted octanol–water partition coefficient (Wildman–Crippen LogP) is 0.811. The van der Waals surface area contributed by atoms with Gasteiger partial charge in [-0.15, -0.1) is 0 Å². The van der Waals surface area contributed by atoms with Crippen LogP contribution in [0.2, 0.25) is 0 Å². The van der Waals surface area contributed by atoms with Crippen LogP contribution in [-0.2, 0) is 26.6 Å². The molecule has 1 saturated heterocycles. The maximum absolute atomic E-state index is 12.6. The van der Waals surface area contributed by atoms with Gasteiger partial charge >= 0.3 is 5.97 Å². The van der Waals surface area contributed by atoms with Crippen molar-refractivity contribution in [3.63, 3.8) is 0 Å². The first-order valence-electron chi connectivity index (χ1n) is 9.74. The van der Waals surface area contributed by atoms with Crippen LogP contribution < -0.4 is 4.72 Å². The Balaban J connectivity index is 1.49. The molecule has 0 aliphatic carbocycles. The number of hydrogen-bond acceptors (Lipinski definition) is 6. The second-order valence-corrected chi connectivity index (χ2v) is 11.1. The van der Waals surface area contributed by atoms with Crippen molar-refractivity contribution >= 4 is 26.0 Å². The van der Waals surface area contributed by atoms with Crippen LogP contribution >= 0.6 is 0 Å². The van der Waals surface area contributed by atoms with E-state index in [1.54, 1.807) is 0 Å². The molecule has 31 heavy (non-hydrogen) atoms. The molecule has 0 saturated carbocycles. The predicted molar refractivity (Wildman–Crippen MR) is 116 cm³/mol. The Labute approximate surface area is 182 Å². The molecule has 0 atom stereocenters. The fourth-order valence-corrected chi connectivity index (χ4v) is 5.80. The molecule has 0 aromatic heterocycles. The SMILES string of the molecule is O=C(O)c1ccc(S(=O)(=O)NCCS(=O)(=O)N2CCN(Cc3ccccc3)CC2)cc1. The summed E-state index contributed by atoms with van der Waals surface area (Å²) < 4.78 is 53.5. The molecule has 0 radical (unpaired) electrons. The summed E-state index contributed by atoms with van der Waals surface area (Å²) in [5.41, 5.74) is 1.14. The quantitative estimate of drug-likeness (QED) is 0.559. The lowest BCUT2D eigenvalue weighted by molar-refractivity contribution is 0.0696. The maximum Gasteiger partial charge on any atom is 0.335 e. The standard InChI is InChI=1S/C20H25N3O6S2/c24-20(25)18-6-8-19(9-7-18)31(28,29)21-10-15-30(26,27)23-13-11-22(12-14-23)16-17-4-2-1-3-5-17/h1-9,21H,10-16H2,(H,24,25). The lowest BCUT2D eigenvalue weighted by Gasteiger charge is -2.34. The zero-order valence-electron chi connectivity index (χ0n) is 16.8. The number of carbonyl (C=O) groups is 1. The van der Waals surface area contributed by atoms with E-state index >= 15 is 0 Å². The molecule has 0 spiro atoms. The molecular formula is C20H25N3O6S2. The summed E-state index contributed by atoms with van der Waals surface area (Å²) in [6.45, 7) is 2.42. The van der Waals surface area contributed by atoms with E-state index in [0.717, 1.165) is 6.54 Å². The Morgan fingerprint density at radius 2 is 1.52 bits per heavy atom. The minimum atomic E-state index is -3.93. The first kappa shape index (κ1) is 23.4. The fraction of sp³-hybridized carbons (Fsp3) is 0.350. The molecule has 1 aliphatic rings. The average molecular weight is 468 g/mol. The number of rotatable bonds is 9. The fourth-order valence-electron chi connectivity index (χ4n) is 3.30. The molecule has 168 valence electrons. The second kappa shape index (κ2) is 9.88. The highest BCUT2D eigenvalue weighted by molar-refractivity contribution is 7.90. The number of aromatic carboxylic acids is 1. The third-order valence-electron chi connectivity index (χ3n) is 5.04. The molecular weight excluding hydrogens is 442 g/mol. The monoisotopic (exact) mass is 467 g/mol. The van der Waals surface area contributed by atoms with Crippen LogP contribution in [-0.4, -0.2) is 75.6 Å². The van der Waals surface area contributed by atoms with E-state index in [2.05, 4.69) is 9.62 Å². The van der Waals surface area contributed by atoms with Gasteiger partial charge in [0, 0.05) is 39.3 Å². The van der Waals surface area contributed by atoms with Crippen molar-refractivity contribution in [1.29, 1.82) is 0 Å². The van der Waals surface area contributed by atoms with E-state index in [1.807, 2.05) is 30.3 Å². The van der Waals surface area contributed by atoms with Crippen LogP contribution in [0.5, 0.6) is 0 Å². The Morgan fingerprint density at radius 1 is 0.903 bits per heavy atom. The molecule has 3 rings (SSSR count). The number of hydrogen-bond donors (Lipinski definition) is 2. The molecule has 1 fully saturated rings. The Kier molecular flexibility index (Phi) is 7.44. The topological polar surface area (TPSA) is 124 Å². The summed E-state index contributed by atoms with van der Waals surface area (Å²) in [6, 6.07) is 14.7. The van der Waals surface area contributed by atoms with Gasteiger partial charge < -0.3 is 5.11 Å². The highest BCUT2D eigenvalue weighted by Gasteiger charge is 2.27. The number of nitrogens with zero attached hydrogens (tertiary/aromatic N) is 2. The van der Waals surface area contributed by atoms with Crippen molar-refractivity contribution in [2.45, 2.75) is 11.4 Å². The molecule has 2 N–H and O–H groups in total. The molecule has 1 aliphatic heterocycles. The number of carboxylic acids is 1. The molecule has 2 aromatic rings. The van der Waals surface area contributed by atoms with Gasteiger partial charge in [0.05, 0.1) is 16.2 Å². The molecule has 0 amide bonds. The van der Waals surface area contributed by atoms with Crippen molar-refractivity contribution in [2.75, 3.05) is 38.5 Å². The number of sulfonamides is 2. The van der Waals surface area contributed by atoms with Crippen LogP contribution in [0.3, 0.4) is 0 Å². The first-order chi connectivity index (χ1) is 14.7. The van der Waals surface area contributed by atoms with Crippen molar-refractivity contribution < 1.29 is 26.7 Å².